The zero-order valence-corrected chi connectivity index (χ0v) is 13.7. The van der Waals surface area contributed by atoms with Gasteiger partial charge in [0.25, 0.3) is 0 Å². The van der Waals surface area contributed by atoms with Gasteiger partial charge in [0, 0.05) is 10.8 Å². The Balaban J connectivity index is 0.000000146. The lowest BCUT2D eigenvalue weighted by atomic mass is 10.1. The molecule has 0 aromatic heterocycles. The van der Waals surface area contributed by atoms with Gasteiger partial charge in [-0.15, -0.1) is 0 Å². The molecular formula is C21H18O4. The van der Waals surface area contributed by atoms with E-state index in [1.807, 2.05) is 24.3 Å². The molecule has 0 heterocycles. The topological polar surface area (TPSA) is 69.9 Å². The number of aromatic hydroxyl groups is 3. The van der Waals surface area contributed by atoms with Crippen LogP contribution in [-0.2, 0) is 0 Å². The fraction of sp³-hybridized carbons (Fsp3) is 0.0476. The summed E-state index contributed by atoms with van der Waals surface area (Å²) in [6.45, 7) is 0. The van der Waals surface area contributed by atoms with Gasteiger partial charge in [0.1, 0.15) is 23.0 Å². The first kappa shape index (κ1) is 16.5. The maximum absolute atomic E-state index is 9.38. The van der Waals surface area contributed by atoms with E-state index in [4.69, 9.17) is 4.74 Å². The molecule has 3 N–H and O–H groups in total. The van der Waals surface area contributed by atoms with Crippen LogP contribution in [0, 0.1) is 0 Å². The number of phenols is 3. The molecule has 0 amide bonds. The van der Waals surface area contributed by atoms with Crippen molar-refractivity contribution in [1.82, 2.24) is 0 Å². The number of phenolic OH excluding ortho intramolecular Hbond substituents is 3. The van der Waals surface area contributed by atoms with Gasteiger partial charge in [-0.25, -0.2) is 0 Å². The molecule has 0 saturated carbocycles. The molecule has 4 heteroatoms. The molecule has 0 unspecified atom stereocenters. The SMILES string of the molecule is COc1ccc2ccc(O)cc2c1.Oc1cccc2c(O)cccc12. The molecule has 126 valence electrons. The van der Waals surface area contributed by atoms with Crippen molar-refractivity contribution >= 4 is 21.5 Å². The van der Waals surface area contributed by atoms with Crippen LogP contribution < -0.4 is 4.74 Å². The molecule has 0 radical (unpaired) electrons. The molecule has 4 rings (SSSR count). The highest BCUT2D eigenvalue weighted by atomic mass is 16.5. The summed E-state index contributed by atoms with van der Waals surface area (Å²) in [6, 6.07) is 21.2. The second-order valence-corrected chi connectivity index (χ2v) is 5.55. The van der Waals surface area contributed by atoms with Gasteiger partial charge in [0.2, 0.25) is 0 Å². The lowest BCUT2D eigenvalue weighted by Gasteiger charge is -2.02. The average molecular weight is 334 g/mol. The van der Waals surface area contributed by atoms with E-state index in [9.17, 15) is 15.3 Å². The third-order valence-corrected chi connectivity index (χ3v) is 3.91. The van der Waals surface area contributed by atoms with E-state index in [-0.39, 0.29) is 17.2 Å². The molecule has 4 nitrogen and oxygen atoms in total. The molecule has 0 fully saturated rings. The monoisotopic (exact) mass is 334 g/mol. The summed E-state index contributed by atoms with van der Waals surface area (Å²) in [5, 5.41) is 31.5. The summed E-state index contributed by atoms with van der Waals surface area (Å²) >= 11 is 0. The van der Waals surface area contributed by atoms with E-state index in [2.05, 4.69) is 0 Å². The number of fused-ring (bicyclic) bond motifs is 2. The minimum Gasteiger partial charge on any atom is -0.508 e. The van der Waals surface area contributed by atoms with Crippen molar-refractivity contribution in [3.8, 4) is 23.0 Å². The summed E-state index contributed by atoms with van der Waals surface area (Å²) in [5.74, 6) is 1.48. The summed E-state index contributed by atoms with van der Waals surface area (Å²) < 4.78 is 5.08. The normalized spacial score (nSPS) is 10.3. The number of ether oxygens (including phenoxy) is 1. The minimum atomic E-state index is 0.198. The van der Waals surface area contributed by atoms with Crippen LogP contribution in [0.3, 0.4) is 0 Å². The van der Waals surface area contributed by atoms with Gasteiger partial charge >= 0.3 is 0 Å². The van der Waals surface area contributed by atoms with E-state index in [1.165, 1.54) is 0 Å². The highest BCUT2D eigenvalue weighted by Crippen LogP contribution is 2.30. The van der Waals surface area contributed by atoms with Crippen LogP contribution in [0.15, 0.2) is 72.8 Å². The van der Waals surface area contributed by atoms with Gasteiger partial charge in [-0.05, 0) is 47.2 Å². The number of rotatable bonds is 1. The Morgan fingerprint density at radius 1 is 0.640 bits per heavy atom. The van der Waals surface area contributed by atoms with Crippen molar-refractivity contribution in [3.63, 3.8) is 0 Å². The first-order chi connectivity index (χ1) is 12.1. The maximum Gasteiger partial charge on any atom is 0.123 e. The van der Waals surface area contributed by atoms with Crippen LogP contribution in [-0.4, -0.2) is 22.4 Å². The predicted molar refractivity (Wildman–Crippen MR) is 99.4 cm³/mol. The van der Waals surface area contributed by atoms with Crippen molar-refractivity contribution < 1.29 is 20.1 Å². The molecule has 4 aromatic rings. The number of hydrogen-bond acceptors (Lipinski definition) is 4. The summed E-state index contributed by atoms with van der Waals surface area (Å²) in [6.07, 6.45) is 0. The molecule has 0 spiro atoms. The summed E-state index contributed by atoms with van der Waals surface area (Å²) in [4.78, 5) is 0. The van der Waals surface area contributed by atoms with E-state index >= 15 is 0 Å². The Kier molecular flexibility index (Phi) is 4.61. The van der Waals surface area contributed by atoms with Crippen molar-refractivity contribution in [3.05, 3.63) is 72.8 Å². The zero-order chi connectivity index (χ0) is 17.8. The molecule has 0 saturated heterocycles. The number of benzene rings is 4. The second-order valence-electron chi connectivity index (χ2n) is 5.55. The van der Waals surface area contributed by atoms with Gasteiger partial charge < -0.3 is 20.1 Å². The van der Waals surface area contributed by atoms with Crippen LogP contribution in [0.2, 0.25) is 0 Å². The van der Waals surface area contributed by atoms with Gasteiger partial charge in [0.05, 0.1) is 7.11 Å². The molecule has 0 atom stereocenters. The van der Waals surface area contributed by atoms with E-state index < -0.39 is 0 Å². The average Bonchev–Trinajstić information content (AvgIpc) is 2.63. The Morgan fingerprint density at radius 3 is 1.84 bits per heavy atom. The van der Waals surface area contributed by atoms with Gasteiger partial charge in [-0.2, -0.15) is 0 Å². The standard InChI is InChI=1S/C11H10O2.C10H8O2/c1-13-11-5-3-8-2-4-10(12)6-9(8)7-11;11-9-5-1-3-7-8(9)4-2-6-10(7)12/h2-7,12H,1H3;1-6,11-12H. The second kappa shape index (κ2) is 7.01. The van der Waals surface area contributed by atoms with Crippen molar-refractivity contribution in [2.75, 3.05) is 7.11 Å². The molecule has 0 bridgehead atoms. The fourth-order valence-electron chi connectivity index (χ4n) is 2.62. The van der Waals surface area contributed by atoms with E-state index in [0.717, 1.165) is 16.5 Å². The zero-order valence-electron chi connectivity index (χ0n) is 13.7. The fourth-order valence-corrected chi connectivity index (χ4v) is 2.62. The first-order valence-electron chi connectivity index (χ1n) is 7.75. The van der Waals surface area contributed by atoms with Crippen molar-refractivity contribution in [1.29, 1.82) is 0 Å². The van der Waals surface area contributed by atoms with Crippen LogP contribution >= 0.6 is 0 Å². The number of methoxy groups -OCH3 is 1. The predicted octanol–water partition coefficient (Wildman–Crippen LogP) is 4.81. The van der Waals surface area contributed by atoms with Gasteiger partial charge in [-0.1, -0.05) is 36.4 Å². The Labute approximate surface area is 145 Å². The minimum absolute atomic E-state index is 0.198. The largest absolute Gasteiger partial charge is 0.508 e. The first-order valence-corrected chi connectivity index (χ1v) is 7.75. The van der Waals surface area contributed by atoms with Crippen molar-refractivity contribution in [2.24, 2.45) is 0 Å². The molecule has 25 heavy (non-hydrogen) atoms. The third-order valence-electron chi connectivity index (χ3n) is 3.91. The third kappa shape index (κ3) is 3.58. The Morgan fingerprint density at radius 2 is 1.24 bits per heavy atom. The maximum atomic E-state index is 9.38. The Bertz CT molecular complexity index is 983. The highest BCUT2D eigenvalue weighted by Gasteiger charge is 2.01. The smallest absolute Gasteiger partial charge is 0.123 e. The number of hydrogen-bond donors (Lipinski definition) is 3. The van der Waals surface area contributed by atoms with Crippen LogP contribution in [0.1, 0.15) is 0 Å². The Hall–Kier alpha value is -3.40. The molecule has 0 aliphatic carbocycles. The molecular weight excluding hydrogens is 316 g/mol. The lowest BCUT2D eigenvalue weighted by Crippen LogP contribution is -1.81. The van der Waals surface area contributed by atoms with Gasteiger partial charge in [0.15, 0.2) is 0 Å². The molecule has 0 aliphatic rings. The quantitative estimate of drug-likeness (QED) is 0.467. The highest BCUT2D eigenvalue weighted by molar-refractivity contribution is 5.92. The van der Waals surface area contributed by atoms with Crippen LogP contribution in [0.5, 0.6) is 23.0 Å². The molecule has 0 aliphatic heterocycles. The van der Waals surface area contributed by atoms with Crippen LogP contribution in [0.25, 0.3) is 21.5 Å². The summed E-state index contributed by atoms with van der Waals surface area (Å²) in [7, 11) is 1.63. The lowest BCUT2D eigenvalue weighted by molar-refractivity contribution is 0.415. The van der Waals surface area contributed by atoms with Gasteiger partial charge in [-0.3, -0.25) is 0 Å². The summed E-state index contributed by atoms with van der Waals surface area (Å²) in [5.41, 5.74) is 0. The van der Waals surface area contributed by atoms with E-state index in [0.29, 0.717) is 10.8 Å². The van der Waals surface area contributed by atoms with Crippen molar-refractivity contribution in [2.45, 2.75) is 0 Å². The van der Waals surface area contributed by atoms with E-state index in [1.54, 1.807) is 55.6 Å². The molecule has 4 aromatic carbocycles. The van der Waals surface area contributed by atoms with Crippen LogP contribution in [0.4, 0.5) is 0 Å².